The summed E-state index contributed by atoms with van der Waals surface area (Å²) in [6, 6.07) is 0.907. The zero-order chi connectivity index (χ0) is 18.9. The lowest BCUT2D eigenvalue weighted by atomic mass is 9.96. The first-order chi connectivity index (χ1) is 12.1. The lowest BCUT2D eigenvalue weighted by Crippen LogP contribution is -2.22. The molecule has 1 atom stereocenters. The fourth-order valence-electron chi connectivity index (χ4n) is 3.00. The molecule has 1 aliphatic rings. The molecule has 8 heteroatoms. The van der Waals surface area contributed by atoms with Gasteiger partial charge in [0, 0.05) is 48.6 Å². The zero-order valence-electron chi connectivity index (χ0n) is 15.1. The summed E-state index contributed by atoms with van der Waals surface area (Å²) in [7, 11) is 0. The third kappa shape index (κ3) is 4.35. The van der Waals surface area contributed by atoms with Crippen LogP contribution in [0.2, 0.25) is 0 Å². The molecule has 2 aromatic rings. The van der Waals surface area contributed by atoms with Gasteiger partial charge in [-0.2, -0.15) is 13.2 Å². The monoisotopic (exact) mass is 365 g/mol. The van der Waals surface area contributed by atoms with Crippen LogP contribution in [0.1, 0.15) is 56.0 Å². The summed E-state index contributed by atoms with van der Waals surface area (Å²) in [4.78, 5) is 18.8. The molecular weight excluding hydrogens is 343 g/mol. The van der Waals surface area contributed by atoms with Gasteiger partial charge in [0.2, 0.25) is 0 Å². The summed E-state index contributed by atoms with van der Waals surface area (Å²) in [6.07, 6.45) is 1.13. The second kappa shape index (κ2) is 6.90. The van der Waals surface area contributed by atoms with Gasteiger partial charge in [-0.25, -0.2) is 19.9 Å². The van der Waals surface area contributed by atoms with Crippen molar-refractivity contribution in [2.45, 2.75) is 51.2 Å². The zero-order valence-corrected chi connectivity index (χ0v) is 15.1. The van der Waals surface area contributed by atoms with Gasteiger partial charge in [0.05, 0.1) is 0 Å². The Balaban J connectivity index is 1.64. The highest BCUT2D eigenvalue weighted by atomic mass is 19.4. The van der Waals surface area contributed by atoms with Crippen molar-refractivity contribution in [1.29, 1.82) is 0 Å². The molecule has 0 aromatic carbocycles. The molecule has 0 radical (unpaired) electrons. The Kier molecular flexibility index (Phi) is 4.96. The van der Waals surface area contributed by atoms with Gasteiger partial charge < -0.3 is 0 Å². The van der Waals surface area contributed by atoms with Crippen LogP contribution in [0.3, 0.4) is 0 Å². The Morgan fingerprint density at radius 3 is 2.42 bits per heavy atom. The SMILES string of the molecule is CC(C)(C)c1ncc(CN2CCC(c3nccc(C(F)(F)F)n3)C2)cn1. The van der Waals surface area contributed by atoms with E-state index in [2.05, 4.69) is 45.6 Å². The Labute approximate surface area is 150 Å². The number of likely N-dealkylation sites (tertiary alicyclic amines) is 1. The standard InChI is InChI=1S/C18H22F3N5/c1-17(2,3)16-23-8-12(9-24-16)10-26-7-5-13(11-26)15-22-6-4-14(25-15)18(19,20)21/h4,6,8-9,13H,5,7,10-11H2,1-3H3. The Morgan fingerprint density at radius 2 is 1.81 bits per heavy atom. The molecule has 5 nitrogen and oxygen atoms in total. The van der Waals surface area contributed by atoms with Crippen molar-refractivity contribution in [3.63, 3.8) is 0 Å². The molecule has 0 amide bonds. The average Bonchev–Trinajstić information content (AvgIpc) is 3.02. The molecule has 3 rings (SSSR count). The van der Waals surface area contributed by atoms with Crippen molar-refractivity contribution in [2.24, 2.45) is 0 Å². The lowest BCUT2D eigenvalue weighted by molar-refractivity contribution is -0.141. The second-order valence-corrected chi connectivity index (χ2v) is 7.68. The maximum absolute atomic E-state index is 12.8. The van der Waals surface area contributed by atoms with Gasteiger partial charge in [0.25, 0.3) is 0 Å². The maximum atomic E-state index is 12.8. The van der Waals surface area contributed by atoms with Crippen LogP contribution in [0.5, 0.6) is 0 Å². The number of alkyl halides is 3. The first-order valence-electron chi connectivity index (χ1n) is 8.57. The Morgan fingerprint density at radius 1 is 1.12 bits per heavy atom. The molecule has 1 fully saturated rings. The van der Waals surface area contributed by atoms with Crippen molar-refractivity contribution in [1.82, 2.24) is 24.8 Å². The number of aromatic nitrogens is 4. The van der Waals surface area contributed by atoms with Crippen LogP contribution in [-0.2, 0) is 18.1 Å². The van der Waals surface area contributed by atoms with Crippen molar-refractivity contribution in [3.8, 4) is 0 Å². The Hall–Kier alpha value is -2.09. The van der Waals surface area contributed by atoms with Crippen molar-refractivity contribution >= 4 is 0 Å². The summed E-state index contributed by atoms with van der Waals surface area (Å²) in [5.41, 5.74) is 0.00806. The van der Waals surface area contributed by atoms with E-state index < -0.39 is 11.9 Å². The molecule has 2 aromatic heterocycles. The van der Waals surface area contributed by atoms with Crippen LogP contribution in [0, 0.1) is 0 Å². The molecule has 1 unspecified atom stereocenters. The molecular formula is C18H22F3N5. The maximum Gasteiger partial charge on any atom is 0.433 e. The second-order valence-electron chi connectivity index (χ2n) is 7.68. The highest BCUT2D eigenvalue weighted by molar-refractivity contribution is 5.12. The normalized spacial score (nSPS) is 19.1. The highest BCUT2D eigenvalue weighted by Crippen LogP contribution is 2.30. The molecule has 0 saturated carbocycles. The van der Waals surface area contributed by atoms with E-state index in [1.165, 1.54) is 6.20 Å². The van der Waals surface area contributed by atoms with Crippen molar-refractivity contribution in [3.05, 3.63) is 47.6 Å². The number of hydrogen-bond donors (Lipinski definition) is 0. The van der Waals surface area contributed by atoms with E-state index >= 15 is 0 Å². The third-order valence-electron chi connectivity index (χ3n) is 4.38. The van der Waals surface area contributed by atoms with Crippen molar-refractivity contribution < 1.29 is 13.2 Å². The van der Waals surface area contributed by atoms with E-state index in [0.717, 1.165) is 30.4 Å². The number of rotatable bonds is 3. The average molecular weight is 365 g/mol. The summed E-state index contributed by atoms with van der Waals surface area (Å²) < 4.78 is 38.5. The van der Waals surface area contributed by atoms with Crippen molar-refractivity contribution in [2.75, 3.05) is 13.1 Å². The molecule has 0 N–H and O–H groups in total. The van der Waals surface area contributed by atoms with Crippen LogP contribution in [0.25, 0.3) is 0 Å². The van der Waals surface area contributed by atoms with Gasteiger partial charge >= 0.3 is 6.18 Å². The fraction of sp³-hybridized carbons (Fsp3) is 0.556. The van der Waals surface area contributed by atoms with Gasteiger partial charge in [0.15, 0.2) is 0 Å². The summed E-state index contributed by atoms with van der Waals surface area (Å²) in [5.74, 6) is 0.964. The predicted molar refractivity (Wildman–Crippen MR) is 90.4 cm³/mol. The molecule has 1 aliphatic heterocycles. The van der Waals surface area contributed by atoms with Gasteiger partial charge in [-0.05, 0) is 19.0 Å². The molecule has 26 heavy (non-hydrogen) atoms. The van der Waals surface area contributed by atoms with Gasteiger partial charge in [-0.15, -0.1) is 0 Å². The van der Waals surface area contributed by atoms with Gasteiger partial charge in [-0.3, -0.25) is 4.90 Å². The van der Waals surface area contributed by atoms with E-state index in [1.807, 2.05) is 12.4 Å². The minimum atomic E-state index is -4.44. The summed E-state index contributed by atoms with van der Waals surface area (Å²) in [6.45, 7) is 8.25. The van der Waals surface area contributed by atoms with Crippen LogP contribution in [-0.4, -0.2) is 37.9 Å². The first kappa shape index (κ1) is 18.7. The molecule has 3 heterocycles. The van der Waals surface area contributed by atoms with E-state index in [1.54, 1.807) is 0 Å². The van der Waals surface area contributed by atoms with Crippen LogP contribution in [0.15, 0.2) is 24.7 Å². The van der Waals surface area contributed by atoms with E-state index in [0.29, 0.717) is 13.1 Å². The number of hydrogen-bond acceptors (Lipinski definition) is 5. The highest BCUT2D eigenvalue weighted by Gasteiger charge is 2.34. The quantitative estimate of drug-likeness (QED) is 0.832. The predicted octanol–water partition coefficient (Wildman–Crippen LogP) is 3.57. The lowest BCUT2D eigenvalue weighted by Gasteiger charge is -2.18. The molecule has 1 saturated heterocycles. The minimum Gasteiger partial charge on any atom is -0.298 e. The van der Waals surface area contributed by atoms with Gasteiger partial charge in [0.1, 0.15) is 17.3 Å². The number of nitrogens with zero attached hydrogens (tertiary/aromatic N) is 5. The minimum absolute atomic E-state index is 0.0907. The van der Waals surface area contributed by atoms with Crippen LogP contribution < -0.4 is 0 Å². The summed E-state index contributed by atoms with van der Waals surface area (Å²) in [5, 5.41) is 0. The van der Waals surface area contributed by atoms with E-state index in [4.69, 9.17) is 0 Å². The largest absolute Gasteiger partial charge is 0.433 e. The molecule has 0 spiro atoms. The topological polar surface area (TPSA) is 54.8 Å². The van der Waals surface area contributed by atoms with E-state index in [9.17, 15) is 13.2 Å². The molecule has 140 valence electrons. The molecule has 0 bridgehead atoms. The molecule has 0 aliphatic carbocycles. The van der Waals surface area contributed by atoms with Crippen LogP contribution >= 0.6 is 0 Å². The van der Waals surface area contributed by atoms with Crippen LogP contribution in [0.4, 0.5) is 13.2 Å². The summed E-state index contributed by atoms with van der Waals surface area (Å²) >= 11 is 0. The van der Waals surface area contributed by atoms with Gasteiger partial charge in [-0.1, -0.05) is 20.8 Å². The first-order valence-corrected chi connectivity index (χ1v) is 8.57. The smallest absolute Gasteiger partial charge is 0.298 e. The van der Waals surface area contributed by atoms with E-state index in [-0.39, 0.29) is 17.2 Å². The number of halogens is 3. The Bertz CT molecular complexity index is 753. The fourth-order valence-corrected chi connectivity index (χ4v) is 3.00. The third-order valence-corrected chi connectivity index (χ3v) is 4.38.